The predicted molar refractivity (Wildman–Crippen MR) is 79.7 cm³/mol. The monoisotopic (exact) mass is 291 g/mol. The van der Waals surface area contributed by atoms with Crippen LogP contribution in [0.5, 0.6) is 0 Å². The van der Waals surface area contributed by atoms with Gasteiger partial charge in [0.25, 0.3) is 0 Å². The van der Waals surface area contributed by atoms with Crippen molar-refractivity contribution in [2.45, 2.75) is 33.3 Å². The minimum absolute atomic E-state index is 0.403. The summed E-state index contributed by atoms with van der Waals surface area (Å²) >= 11 is 1.26. The number of ether oxygens (including phenoxy) is 1. The van der Waals surface area contributed by atoms with Gasteiger partial charge < -0.3 is 10.5 Å². The zero-order valence-electron chi connectivity index (χ0n) is 11.9. The molecule has 0 aromatic carbocycles. The average Bonchev–Trinajstić information content (AvgIpc) is 2.66. The Balaban J connectivity index is 2.41. The maximum Gasteiger partial charge on any atom is 0.351 e. The summed E-state index contributed by atoms with van der Waals surface area (Å²) in [5, 5.41) is 0. The first-order valence-electron chi connectivity index (χ1n) is 6.19. The quantitative estimate of drug-likeness (QED) is 0.860. The fraction of sp³-hybridized carbons (Fsp3) is 0.357. The number of esters is 1. The topological polar surface area (TPSA) is 78.1 Å². The fourth-order valence-corrected chi connectivity index (χ4v) is 2.68. The fourth-order valence-electron chi connectivity index (χ4n) is 1.63. The second-order valence-corrected chi connectivity index (χ2v) is 6.39. The molecule has 2 heterocycles. The van der Waals surface area contributed by atoms with Crippen LogP contribution in [0.3, 0.4) is 0 Å². The Morgan fingerprint density at radius 3 is 2.45 bits per heavy atom. The van der Waals surface area contributed by atoms with Crippen LogP contribution in [-0.2, 0) is 4.74 Å². The largest absolute Gasteiger partial charge is 0.456 e. The summed E-state index contributed by atoms with van der Waals surface area (Å²) in [6.45, 7) is 7.32. The number of carbonyl (C=O) groups excluding carboxylic acids is 1. The van der Waals surface area contributed by atoms with Crippen LogP contribution in [0.25, 0.3) is 10.7 Å². The predicted octanol–water partition coefficient (Wildman–Crippen LogP) is 3.05. The van der Waals surface area contributed by atoms with Crippen molar-refractivity contribution in [3.63, 3.8) is 0 Å². The molecular formula is C14H17N3O2S. The van der Waals surface area contributed by atoms with Gasteiger partial charge >= 0.3 is 5.97 Å². The number of nitrogens with two attached hydrogens (primary N) is 1. The molecule has 0 aliphatic heterocycles. The van der Waals surface area contributed by atoms with Crippen molar-refractivity contribution < 1.29 is 9.53 Å². The lowest BCUT2D eigenvalue weighted by atomic mass is 10.2. The van der Waals surface area contributed by atoms with Gasteiger partial charge in [0, 0.05) is 12.4 Å². The van der Waals surface area contributed by atoms with Gasteiger partial charge in [0.15, 0.2) is 5.82 Å². The Hall–Kier alpha value is -1.95. The molecule has 0 saturated carbocycles. The molecule has 6 heteroatoms. The van der Waals surface area contributed by atoms with Gasteiger partial charge in [-0.2, -0.15) is 0 Å². The van der Waals surface area contributed by atoms with Gasteiger partial charge in [0.1, 0.15) is 10.5 Å². The molecule has 20 heavy (non-hydrogen) atoms. The van der Waals surface area contributed by atoms with Crippen molar-refractivity contribution in [2.24, 2.45) is 0 Å². The molecule has 0 aliphatic rings. The van der Waals surface area contributed by atoms with Crippen LogP contribution in [0.1, 0.15) is 36.0 Å². The minimum atomic E-state index is -0.551. The van der Waals surface area contributed by atoms with E-state index in [9.17, 15) is 4.79 Å². The molecule has 0 radical (unpaired) electrons. The Bertz CT molecular complexity index is 630. The van der Waals surface area contributed by atoms with Crippen LogP contribution in [0.4, 0.5) is 5.69 Å². The third-order valence-electron chi connectivity index (χ3n) is 2.55. The summed E-state index contributed by atoms with van der Waals surface area (Å²) in [7, 11) is 0. The van der Waals surface area contributed by atoms with Gasteiger partial charge in [0.2, 0.25) is 0 Å². The third-order valence-corrected chi connectivity index (χ3v) is 3.83. The summed E-state index contributed by atoms with van der Waals surface area (Å²) < 4.78 is 5.36. The molecule has 0 aliphatic carbocycles. The Labute approximate surface area is 121 Å². The summed E-state index contributed by atoms with van der Waals surface area (Å²) in [5.74, 6) is 0.154. The maximum absolute atomic E-state index is 12.1. The van der Waals surface area contributed by atoms with Gasteiger partial charge in [-0.05, 0) is 39.3 Å². The highest BCUT2D eigenvalue weighted by atomic mass is 32.1. The molecule has 0 unspecified atom stereocenters. The van der Waals surface area contributed by atoms with E-state index in [4.69, 9.17) is 10.5 Å². The Kier molecular flexibility index (Phi) is 3.76. The summed E-state index contributed by atoms with van der Waals surface area (Å²) in [6.07, 6.45) is 3.32. The van der Waals surface area contributed by atoms with Gasteiger partial charge in [-0.25, -0.2) is 14.8 Å². The highest BCUT2D eigenvalue weighted by molar-refractivity contribution is 7.18. The van der Waals surface area contributed by atoms with Crippen LogP contribution in [0, 0.1) is 6.92 Å². The highest BCUT2D eigenvalue weighted by Gasteiger charge is 2.25. The molecule has 2 aromatic heterocycles. The third kappa shape index (κ3) is 2.96. The van der Waals surface area contributed by atoms with Crippen LogP contribution in [0.2, 0.25) is 0 Å². The first-order chi connectivity index (χ1) is 9.29. The first kappa shape index (κ1) is 14.5. The van der Waals surface area contributed by atoms with Crippen LogP contribution >= 0.6 is 11.3 Å². The van der Waals surface area contributed by atoms with Gasteiger partial charge in [-0.3, -0.25) is 0 Å². The van der Waals surface area contributed by atoms with Crippen LogP contribution in [0.15, 0.2) is 18.5 Å². The second kappa shape index (κ2) is 5.20. The molecule has 0 amide bonds. The van der Waals surface area contributed by atoms with Gasteiger partial charge in [0.05, 0.1) is 10.6 Å². The zero-order valence-corrected chi connectivity index (χ0v) is 12.7. The Morgan fingerprint density at radius 2 is 1.90 bits per heavy atom. The van der Waals surface area contributed by atoms with Crippen molar-refractivity contribution >= 4 is 23.0 Å². The van der Waals surface area contributed by atoms with E-state index >= 15 is 0 Å². The lowest BCUT2D eigenvalue weighted by Crippen LogP contribution is -2.23. The van der Waals surface area contributed by atoms with E-state index in [1.165, 1.54) is 11.3 Å². The number of carbonyl (C=O) groups is 1. The molecule has 2 N–H and O–H groups in total. The molecule has 5 nitrogen and oxygen atoms in total. The molecule has 106 valence electrons. The molecule has 0 atom stereocenters. The summed E-state index contributed by atoms with van der Waals surface area (Å²) in [5.41, 5.74) is 6.71. The SMILES string of the molecule is Cc1c(-c2ncccn2)sc(C(=O)OC(C)(C)C)c1N. The zero-order chi connectivity index (χ0) is 14.9. The van der Waals surface area contributed by atoms with E-state index in [1.54, 1.807) is 18.5 Å². The van der Waals surface area contributed by atoms with E-state index in [0.717, 1.165) is 10.4 Å². The van der Waals surface area contributed by atoms with Crippen molar-refractivity contribution in [1.29, 1.82) is 0 Å². The smallest absolute Gasteiger partial charge is 0.351 e. The van der Waals surface area contributed by atoms with E-state index in [0.29, 0.717) is 16.4 Å². The van der Waals surface area contributed by atoms with Crippen molar-refractivity contribution in [2.75, 3.05) is 5.73 Å². The molecule has 0 bridgehead atoms. The van der Waals surface area contributed by atoms with Crippen molar-refractivity contribution in [1.82, 2.24) is 9.97 Å². The Morgan fingerprint density at radius 1 is 1.30 bits per heavy atom. The van der Waals surface area contributed by atoms with Crippen molar-refractivity contribution in [3.05, 3.63) is 28.9 Å². The first-order valence-corrected chi connectivity index (χ1v) is 7.01. The maximum atomic E-state index is 12.1. The summed E-state index contributed by atoms with van der Waals surface area (Å²) in [4.78, 5) is 21.7. The number of rotatable bonds is 2. The number of nitrogen functional groups attached to an aromatic ring is 1. The number of anilines is 1. The molecule has 0 spiro atoms. The van der Waals surface area contributed by atoms with Gasteiger partial charge in [-0.15, -0.1) is 11.3 Å². The highest BCUT2D eigenvalue weighted by Crippen LogP contribution is 2.37. The second-order valence-electron chi connectivity index (χ2n) is 5.37. The number of nitrogens with zero attached hydrogens (tertiary/aromatic N) is 2. The number of thiophene rings is 1. The molecule has 2 aromatic rings. The van der Waals surface area contributed by atoms with Gasteiger partial charge in [-0.1, -0.05) is 0 Å². The molecule has 2 rings (SSSR count). The summed E-state index contributed by atoms with van der Waals surface area (Å²) in [6, 6.07) is 1.74. The number of hydrogen-bond donors (Lipinski definition) is 1. The lowest BCUT2D eigenvalue weighted by molar-refractivity contribution is 0.00763. The average molecular weight is 291 g/mol. The van der Waals surface area contributed by atoms with E-state index in [-0.39, 0.29) is 0 Å². The minimum Gasteiger partial charge on any atom is -0.456 e. The number of hydrogen-bond acceptors (Lipinski definition) is 6. The van der Waals surface area contributed by atoms with Crippen LogP contribution in [-0.4, -0.2) is 21.5 Å². The molecule has 0 fully saturated rings. The normalized spacial score (nSPS) is 11.4. The molecular weight excluding hydrogens is 274 g/mol. The van der Waals surface area contributed by atoms with E-state index in [1.807, 2.05) is 27.7 Å². The molecule has 0 saturated heterocycles. The van der Waals surface area contributed by atoms with E-state index < -0.39 is 11.6 Å². The van der Waals surface area contributed by atoms with Crippen LogP contribution < -0.4 is 5.73 Å². The number of aromatic nitrogens is 2. The standard InChI is InChI=1S/C14H17N3O2S/c1-8-9(15)11(13(18)19-14(2,3)4)20-10(8)12-16-6-5-7-17-12/h5-7H,15H2,1-4H3. The van der Waals surface area contributed by atoms with Crippen molar-refractivity contribution in [3.8, 4) is 10.7 Å². The van der Waals surface area contributed by atoms with E-state index in [2.05, 4.69) is 9.97 Å². The lowest BCUT2D eigenvalue weighted by Gasteiger charge is -2.19.